The van der Waals surface area contributed by atoms with E-state index in [-0.39, 0.29) is 16.7 Å². The number of nitrogens with one attached hydrogen (secondary N) is 1. The summed E-state index contributed by atoms with van der Waals surface area (Å²) >= 11 is 0. The summed E-state index contributed by atoms with van der Waals surface area (Å²) in [5.41, 5.74) is 2.89. The summed E-state index contributed by atoms with van der Waals surface area (Å²) in [6.45, 7) is 9.69. The molecule has 186 valence electrons. The Bertz CT molecular complexity index is 1260. The van der Waals surface area contributed by atoms with Crippen molar-refractivity contribution in [3.05, 3.63) is 60.0 Å². The van der Waals surface area contributed by atoms with Crippen LogP contribution < -0.4 is 9.62 Å². The Morgan fingerprint density at radius 2 is 1.60 bits per heavy atom. The van der Waals surface area contributed by atoms with Gasteiger partial charge in [-0.25, -0.2) is 8.42 Å². The molecule has 1 aromatic heterocycles. The summed E-state index contributed by atoms with van der Waals surface area (Å²) in [6, 6.07) is 13.7. The van der Waals surface area contributed by atoms with Gasteiger partial charge in [-0.15, -0.1) is 0 Å². The number of rotatable bonds is 7. The van der Waals surface area contributed by atoms with E-state index in [9.17, 15) is 13.2 Å². The highest BCUT2D eigenvalue weighted by atomic mass is 32.2. The largest absolute Gasteiger partial charge is 0.368 e. The molecule has 10 heteroatoms. The molecular weight excluding hydrogens is 466 g/mol. The minimum absolute atomic E-state index is 0.158. The number of amides is 1. The van der Waals surface area contributed by atoms with Gasteiger partial charge in [-0.1, -0.05) is 36.7 Å². The summed E-state index contributed by atoms with van der Waals surface area (Å²) in [7, 11) is -3.81. The van der Waals surface area contributed by atoms with Gasteiger partial charge in [0.1, 0.15) is 6.04 Å². The normalized spacial score (nSPS) is 15.5. The quantitative estimate of drug-likeness (QED) is 0.534. The third-order valence-electron chi connectivity index (χ3n) is 6.16. The minimum atomic E-state index is -3.81. The molecule has 0 unspecified atom stereocenters. The molecule has 0 spiro atoms. The molecule has 1 atom stereocenters. The maximum absolute atomic E-state index is 13.3. The monoisotopic (exact) mass is 497 g/mol. The molecule has 1 saturated heterocycles. The summed E-state index contributed by atoms with van der Waals surface area (Å²) < 4.78 is 33.5. The van der Waals surface area contributed by atoms with Crippen LogP contribution in [0.5, 0.6) is 0 Å². The Balaban J connectivity index is 1.39. The second-order valence-electron chi connectivity index (χ2n) is 9.15. The fourth-order valence-electron chi connectivity index (χ4n) is 4.04. The number of piperazine rings is 1. The van der Waals surface area contributed by atoms with Gasteiger partial charge in [0.2, 0.25) is 27.6 Å². The Kier molecular flexibility index (Phi) is 7.23. The van der Waals surface area contributed by atoms with Gasteiger partial charge in [-0.3, -0.25) is 4.79 Å². The molecule has 0 saturated carbocycles. The van der Waals surface area contributed by atoms with E-state index in [4.69, 9.17) is 4.52 Å². The average molecular weight is 498 g/mol. The number of anilines is 1. The fraction of sp³-hybridized carbons (Fsp3) is 0.400. The molecule has 0 bridgehead atoms. The van der Waals surface area contributed by atoms with Gasteiger partial charge >= 0.3 is 0 Å². The van der Waals surface area contributed by atoms with Crippen molar-refractivity contribution < 1.29 is 17.7 Å². The lowest BCUT2D eigenvalue weighted by Crippen LogP contribution is -2.56. The van der Waals surface area contributed by atoms with E-state index in [2.05, 4.69) is 19.8 Å². The van der Waals surface area contributed by atoms with Crippen molar-refractivity contribution in [2.75, 3.05) is 31.1 Å². The molecule has 1 aliphatic rings. The summed E-state index contributed by atoms with van der Waals surface area (Å²) in [5, 5.41) is 3.94. The Hall–Kier alpha value is -3.24. The first kappa shape index (κ1) is 24.9. The number of benzene rings is 2. The molecule has 0 aliphatic carbocycles. The van der Waals surface area contributed by atoms with Crippen LogP contribution in [-0.2, 0) is 14.8 Å². The fourth-order valence-corrected chi connectivity index (χ4v) is 5.38. The maximum atomic E-state index is 13.3. The first-order valence-electron chi connectivity index (χ1n) is 11.7. The first-order valence-corrected chi connectivity index (χ1v) is 13.2. The number of aromatic nitrogens is 2. The standard InChI is InChI=1S/C25H31N5O4S/c1-17(2)23(28-35(32,33)22-11-5-18(3)6-12-22)25(31)30-15-13-29(14-16-30)21-9-7-20(8-10-21)24-26-19(4)34-27-24/h5-12,17,23,28H,13-16H2,1-4H3/t23-/m0/s1. The number of carbonyl (C=O) groups excluding carboxylic acids is 1. The number of sulfonamides is 1. The second-order valence-corrected chi connectivity index (χ2v) is 10.9. The molecule has 1 aliphatic heterocycles. The van der Waals surface area contributed by atoms with E-state index < -0.39 is 16.1 Å². The van der Waals surface area contributed by atoms with Crippen molar-refractivity contribution in [2.24, 2.45) is 5.92 Å². The van der Waals surface area contributed by atoms with Crippen LogP contribution in [0.1, 0.15) is 25.3 Å². The maximum Gasteiger partial charge on any atom is 0.241 e. The van der Waals surface area contributed by atoms with E-state index in [0.29, 0.717) is 37.9 Å². The zero-order chi connectivity index (χ0) is 25.2. The van der Waals surface area contributed by atoms with Crippen molar-refractivity contribution in [3.8, 4) is 11.4 Å². The van der Waals surface area contributed by atoms with Crippen molar-refractivity contribution in [1.82, 2.24) is 19.8 Å². The van der Waals surface area contributed by atoms with Gasteiger partial charge < -0.3 is 14.3 Å². The van der Waals surface area contributed by atoms with Crippen LogP contribution >= 0.6 is 0 Å². The predicted octanol–water partition coefficient (Wildman–Crippen LogP) is 3.01. The molecule has 4 rings (SSSR count). The van der Waals surface area contributed by atoms with Gasteiger partial charge in [0, 0.05) is 44.4 Å². The molecule has 35 heavy (non-hydrogen) atoms. The lowest BCUT2D eigenvalue weighted by molar-refractivity contribution is -0.134. The zero-order valence-corrected chi connectivity index (χ0v) is 21.2. The van der Waals surface area contributed by atoms with Crippen LogP contribution in [0.4, 0.5) is 5.69 Å². The van der Waals surface area contributed by atoms with Gasteiger partial charge in [-0.2, -0.15) is 9.71 Å². The van der Waals surface area contributed by atoms with Crippen LogP contribution in [0.3, 0.4) is 0 Å². The number of carbonyl (C=O) groups is 1. The van der Waals surface area contributed by atoms with Gasteiger partial charge in [0.25, 0.3) is 0 Å². The van der Waals surface area contributed by atoms with Crippen LogP contribution in [0.15, 0.2) is 57.9 Å². The lowest BCUT2D eigenvalue weighted by atomic mass is 10.0. The van der Waals surface area contributed by atoms with E-state index in [1.54, 1.807) is 36.1 Å². The number of hydrogen-bond acceptors (Lipinski definition) is 7. The summed E-state index contributed by atoms with van der Waals surface area (Å²) in [4.78, 5) is 21.7. The van der Waals surface area contributed by atoms with Gasteiger partial charge in [-0.05, 0) is 49.2 Å². The van der Waals surface area contributed by atoms with Crippen molar-refractivity contribution >= 4 is 21.6 Å². The molecule has 1 amide bonds. The molecule has 9 nitrogen and oxygen atoms in total. The molecule has 2 heterocycles. The highest BCUT2D eigenvalue weighted by Crippen LogP contribution is 2.23. The van der Waals surface area contributed by atoms with Crippen LogP contribution in [0, 0.1) is 19.8 Å². The highest BCUT2D eigenvalue weighted by molar-refractivity contribution is 7.89. The van der Waals surface area contributed by atoms with E-state index in [0.717, 1.165) is 16.8 Å². The van der Waals surface area contributed by atoms with Gasteiger partial charge in [0.15, 0.2) is 0 Å². The molecule has 0 radical (unpaired) electrons. The van der Waals surface area contributed by atoms with Gasteiger partial charge in [0.05, 0.1) is 4.90 Å². The van der Waals surface area contributed by atoms with E-state index in [1.165, 1.54) is 0 Å². The lowest BCUT2D eigenvalue weighted by Gasteiger charge is -2.38. The Labute approximate surface area is 206 Å². The Morgan fingerprint density at radius 3 is 2.14 bits per heavy atom. The van der Waals surface area contributed by atoms with Crippen LogP contribution in [-0.4, -0.2) is 61.6 Å². The van der Waals surface area contributed by atoms with E-state index in [1.807, 2.05) is 45.0 Å². The first-order chi connectivity index (χ1) is 16.6. The highest BCUT2D eigenvalue weighted by Gasteiger charge is 2.33. The SMILES string of the molecule is Cc1ccc(S(=O)(=O)N[C@H](C(=O)N2CCN(c3ccc(-c4noc(C)n4)cc3)CC2)C(C)C)cc1. The molecule has 1 N–H and O–H groups in total. The summed E-state index contributed by atoms with van der Waals surface area (Å²) in [5.74, 6) is 0.684. The van der Waals surface area contributed by atoms with Crippen molar-refractivity contribution in [3.63, 3.8) is 0 Å². The smallest absolute Gasteiger partial charge is 0.241 e. The van der Waals surface area contributed by atoms with Crippen molar-refractivity contribution in [1.29, 1.82) is 0 Å². The number of aryl methyl sites for hydroxylation is 2. The average Bonchev–Trinajstić information content (AvgIpc) is 3.29. The Morgan fingerprint density at radius 1 is 0.971 bits per heavy atom. The third-order valence-corrected chi connectivity index (χ3v) is 7.61. The summed E-state index contributed by atoms with van der Waals surface area (Å²) in [6.07, 6.45) is 0. The van der Waals surface area contributed by atoms with Crippen LogP contribution in [0.25, 0.3) is 11.4 Å². The minimum Gasteiger partial charge on any atom is -0.368 e. The van der Waals surface area contributed by atoms with E-state index >= 15 is 0 Å². The predicted molar refractivity (Wildman–Crippen MR) is 133 cm³/mol. The zero-order valence-electron chi connectivity index (χ0n) is 20.4. The number of hydrogen-bond donors (Lipinski definition) is 1. The third kappa shape index (κ3) is 5.71. The number of nitrogens with zero attached hydrogens (tertiary/aromatic N) is 4. The molecule has 3 aromatic rings. The molecule has 1 fully saturated rings. The van der Waals surface area contributed by atoms with Crippen molar-refractivity contribution in [2.45, 2.75) is 38.6 Å². The topological polar surface area (TPSA) is 109 Å². The molecule has 2 aromatic carbocycles. The molecular formula is C25H31N5O4S. The van der Waals surface area contributed by atoms with Crippen LogP contribution in [0.2, 0.25) is 0 Å². The second kappa shape index (κ2) is 10.2.